The second kappa shape index (κ2) is 6.84. The first-order valence-corrected chi connectivity index (χ1v) is 11.1. The highest BCUT2D eigenvalue weighted by Gasteiger charge is 2.59. The third-order valence-corrected chi connectivity index (χ3v) is 8.81. The van der Waals surface area contributed by atoms with Gasteiger partial charge in [0, 0.05) is 5.92 Å². The highest BCUT2D eigenvalue weighted by Crippen LogP contribution is 2.62. The van der Waals surface area contributed by atoms with E-state index in [1.54, 1.807) is 6.26 Å². The van der Waals surface area contributed by atoms with Crippen molar-refractivity contribution in [2.75, 3.05) is 0 Å². The van der Waals surface area contributed by atoms with Crippen LogP contribution in [0.25, 0.3) is 6.08 Å². The van der Waals surface area contributed by atoms with Gasteiger partial charge in [-0.15, -0.1) is 0 Å². The Morgan fingerprint density at radius 2 is 2.00 bits per heavy atom. The molecule has 0 unspecified atom stereocenters. The van der Waals surface area contributed by atoms with E-state index in [4.69, 9.17) is 4.42 Å². The van der Waals surface area contributed by atoms with Crippen LogP contribution in [0, 0.1) is 35.0 Å². The van der Waals surface area contributed by atoms with Crippen molar-refractivity contribution >= 4 is 11.9 Å². The van der Waals surface area contributed by atoms with Gasteiger partial charge in [0.25, 0.3) is 0 Å². The highest BCUT2D eigenvalue weighted by atomic mass is 16.3. The fourth-order valence-corrected chi connectivity index (χ4v) is 7.52. The second-order valence-corrected chi connectivity index (χ2v) is 10.1. The predicted octanol–water partition coefficient (Wildman–Crippen LogP) is 4.22. The molecule has 0 bridgehead atoms. The molecule has 4 heteroatoms. The summed E-state index contributed by atoms with van der Waals surface area (Å²) in [6.45, 7) is 2.36. The third kappa shape index (κ3) is 2.83. The van der Waals surface area contributed by atoms with Crippen LogP contribution in [0.1, 0.15) is 64.1 Å². The van der Waals surface area contributed by atoms with Crippen molar-refractivity contribution < 1.29 is 19.4 Å². The van der Waals surface area contributed by atoms with Crippen molar-refractivity contribution in [3.05, 3.63) is 29.7 Å². The van der Waals surface area contributed by atoms with E-state index in [9.17, 15) is 15.0 Å². The molecule has 1 aromatic heterocycles. The fourth-order valence-electron chi connectivity index (χ4n) is 7.52. The Bertz CT molecular complexity index is 766. The number of Topliss-reactive ketones (excluding diaryl/α,β-unsaturated/α-hetero) is 1. The molecular weight excluding hydrogens is 352 g/mol. The summed E-state index contributed by atoms with van der Waals surface area (Å²) in [5, 5.41) is 21.4. The Balaban J connectivity index is 1.41. The zero-order valence-corrected chi connectivity index (χ0v) is 16.7. The molecule has 0 aromatic carbocycles. The lowest BCUT2D eigenvalue weighted by atomic mass is 9.45. The molecule has 0 amide bonds. The maximum atomic E-state index is 13.3. The number of allylic oxidation sites excluding steroid dienone is 1. The van der Waals surface area contributed by atoms with Crippen LogP contribution in [-0.4, -0.2) is 28.2 Å². The van der Waals surface area contributed by atoms with Crippen LogP contribution >= 0.6 is 0 Å². The molecule has 0 spiro atoms. The number of aliphatic hydroxyl groups excluding tert-OH is 2. The lowest BCUT2D eigenvalue weighted by Crippen LogP contribution is -2.58. The van der Waals surface area contributed by atoms with Gasteiger partial charge in [-0.05, 0) is 104 Å². The lowest BCUT2D eigenvalue weighted by molar-refractivity contribution is -0.168. The topological polar surface area (TPSA) is 70.7 Å². The van der Waals surface area contributed by atoms with Crippen LogP contribution in [0.15, 0.2) is 28.4 Å². The molecule has 8 atom stereocenters. The van der Waals surface area contributed by atoms with E-state index in [0.29, 0.717) is 24.2 Å². The molecule has 1 aromatic rings. The minimum absolute atomic E-state index is 0.0412. The van der Waals surface area contributed by atoms with Gasteiger partial charge in [0.1, 0.15) is 5.76 Å². The predicted molar refractivity (Wildman–Crippen MR) is 106 cm³/mol. The second-order valence-electron chi connectivity index (χ2n) is 10.1. The molecule has 4 aliphatic rings. The normalized spacial score (nSPS) is 47.3. The van der Waals surface area contributed by atoms with Crippen molar-refractivity contribution in [1.82, 2.24) is 0 Å². The van der Waals surface area contributed by atoms with E-state index >= 15 is 0 Å². The number of carbonyl (C=O) groups excluding carboxylic acids is 1. The van der Waals surface area contributed by atoms with Gasteiger partial charge in [-0.3, -0.25) is 4.79 Å². The SMILES string of the molecule is C[C@]12CC[C@H](O)C[C@@H]1CC[C@H]1[C@H]3CC/C(=C\c4ccco4)C(=O)[C@@H]3C[C@@H](O)[C@@H]12. The van der Waals surface area contributed by atoms with E-state index in [2.05, 4.69) is 6.92 Å². The van der Waals surface area contributed by atoms with Gasteiger partial charge in [-0.1, -0.05) is 6.92 Å². The van der Waals surface area contributed by atoms with Crippen molar-refractivity contribution in [3.8, 4) is 0 Å². The Hall–Kier alpha value is -1.39. The van der Waals surface area contributed by atoms with Gasteiger partial charge < -0.3 is 14.6 Å². The van der Waals surface area contributed by atoms with Gasteiger partial charge in [0.15, 0.2) is 5.78 Å². The summed E-state index contributed by atoms with van der Waals surface area (Å²) in [6.07, 6.45) is 10.4. The number of hydrogen-bond acceptors (Lipinski definition) is 4. The quantitative estimate of drug-likeness (QED) is 0.712. The minimum atomic E-state index is -0.402. The third-order valence-electron chi connectivity index (χ3n) is 8.81. The summed E-state index contributed by atoms with van der Waals surface area (Å²) in [4.78, 5) is 13.3. The smallest absolute Gasteiger partial charge is 0.162 e. The van der Waals surface area contributed by atoms with Crippen molar-refractivity contribution in [2.45, 2.75) is 70.5 Å². The molecule has 5 rings (SSSR count). The van der Waals surface area contributed by atoms with Crippen LogP contribution in [0.5, 0.6) is 0 Å². The van der Waals surface area contributed by atoms with E-state index in [0.717, 1.165) is 56.3 Å². The van der Waals surface area contributed by atoms with Gasteiger partial charge in [-0.25, -0.2) is 0 Å². The molecule has 2 N–H and O–H groups in total. The van der Waals surface area contributed by atoms with Gasteiger partial charge in [0.2, 0.25) is 0 Å². The van der Waals surface area contributed by atoms with E-state index in [1.165, 1.54) is 0 Å². The average molecular weight is 385 g/mol. The Morgan fingerprint density at radius 3 is 2.79 bits per heavy atom. The molecule has 0 radical (unpaired) electrons. The summed E-state index contributed by atoms with van der Waals surface area (Å²) in [5.41, 5.74) is 0.974. The number of hydrogen-bond donors (Lipinski definition) is 2. The number of ketones is 1. The monoisotopic (exact) mass is 384 g/mol. The van der Waals surface area contributed by atoms with Crippen LogP contribution in [0.3, 0.4) is 0 Å². The summed E-state index contributed by atoms with van der Waals surface area (Å²) in [7, 11) is 0. The molecule has 0 saturated heterocycles. The summed E-state index contributed by atoms with van der Waals surface area (Å²) in [5.74, 6) is 2.57. The summed E-state index contributed by atoms with van der Waals surface area (Å²) in [6, 6.07) is 3.73. The Morgan fingerprint density at radius 1 is 1.14 bits per heavy atom. The number of carbonyl (C=O) groups is 1. The van der Waals surface area contributed by atoms with Gasteiger partial charge in [-0.2, -0.15) is 0 Å². The van der Waals surface area contributed by atoms with E-state index in [1.807, 2.05) is 18.2 Å². The first kappa shape index (κ1) is 18.6. The molecule has 4 nitrogen and oxygen atoms in total. The average Bonchev–Trinajstić information content (AvgIpc) is 3.18. The maximum absolute atomic E-state index is 13.3. The molecule has 0 aliphatic heterocycles. The fraction of sp³-hybridized carbons (Fsp3) is 0.708. The first-order valence-electron chi connectivity index (χ1n) is 11.1. The molecule has 4 saturated carbocycles. The zero-order valence-electron chi connectivity index (χ0n) is 16.7. The van der Waals surface area contributed by atoms with Crippen LogP contribution < -0.4 is 0 Å². The van der Waals surface area contributed by atoms with E-state index < -0.39 is 6.10 Å². The molecule has 1 heterocycles. The summed E-state index contributed by atoms with van der Waals surface area (Å²) < 4.78 is 5.41. The van der Waals surface area contributed by atoms with Crippen LogP contribution in [0.4, 0.5) is 0 Å². The first-order chi connectivity index (χ1) is 13.5. The number of furan rings is 1. The standard InChI is InChI=1S/C24H32O4/c1-24-9-8-16(25)12-15(24)5-7-19-18-6-4-14(11-17-3-2-10-28-17)23(27)20(18)13-21(26)22(19)24/h2-3,10-11,15-16,18-22,25-26H,4-9,12-13H2,1H3/b14-11+/t15-,16-,18+,19-,20+,21+,22+,24-/m0/s1. The van der Waals surface area contributed by atoms with Crippen molar-refractivity contribution in [3.63, 3.8) is 0 Å². The van der Waals surface area contributed by atoms with E-state index in [-0.39, 0.29) is 29.1 Å². The molecule has 4 fully saturated rings. The van der Waals surface area contributed by atoms with Crippen molar-refractivity contribution in [2.24, 2.45) is 35.0 Å². The van der Waals surface area contributed by atoms with Crippen LogP contribution in [-0.2, 0) is 4.79 Å². The van der Waals surface area contributed by atoms with Crippen LogP contribution in [0.2, 0.25) is 0 Å². The largest absolute Gasteiger partial charge is 0.465 e. The molecule has 4 aliphatic carbocycles. The lowest BCUT2D eigenvalue weighted by Gasteiger charge is -2.61. The Labute approximate surface area is 167 Å². The number of fused-ring (bicyclic) bond motifs is 5. The Kier molecular flexibility index (Phi) is 4.55. The number of aliphatic hydroxyl groups is 2. The highest BCUT2D eigenvalue weighted by molar-refractivity contribution is 6.01. The molecule has 28 heavy (non-hydrogen) atoms. The van der Waals surface area contributed by atoms with Crippen molar-refractivity contribution in [1.29, 1.82) is 0 Å². The zero-order chi connectivity index (χ0) is 19.5. The van der Waals surface area contributed by atoms with Gasteiger partial charge in [0.05, 0.1) is 18.5 Å². The minimum Gasteiger partial charge on any atom is -0.465 e. The number of rotatable bonds is 1. The maximum Gasteiger partial charge on any atom is 0.162 e. The summed E-state index contributed by atoms with van der Waals surface area (Å²) >= 11 is 0. The van der Waals surface area contributed by atoms with Gasteiger partial charge >= 0.3 is 0 Å². The molecular formula is C24H32O4. The molecule has 152 valence electrons.